The number of benzene rings is 5. The van der Waals surface area contributed by atoms with E-state index in [1.165, 1.54) is 36.4 Å². The van der Waals surface area contributed by atoms with E-state index in [1.54, 1.807) is 74.7 Å². The molecule has 0 fully saturated rings. The topological polar surface area (TPSA) is 189 Å². The first-order chi connectivity index (χ1) is 33.5. The Hall–Kier alpha value is -7.78. The van der Waals surface area contributed by atoms with Gasteiger partial charge in [-0.3, -0.25) is 15.4 Å². The Kier molecular flexibility index (Phi) is 16.5. The molecule has 0 aliphatic rings. The van der Waals surface area contributed by atoms with Crippen molar-refractivity contribution in [2.24, 2.45) is 4.99 Å². The summed E-state index contributed by atoms with van der Waals surface area (Å²) in [4.78, 5) is 74.9. The van der Waals surface area contributed by atoms with Gasteiger partial charge in [-0.15, -0.1) is 0 Å². The molecule has 6 rings (SSSR count). The molecule has 6 aromatic rings. The van der Waals surface area contributed by atoms with Gasteiger partial charge in [-0.05, 0) is 121 Å². The molecule has 5 aromatic carbocycles. The predicted molar refractivity (Wildman–Crippen MR) is 271 cm³/mol. The van der Waals surface area contributed by atoms with Crippen molar-refractivity contribution in [3.8, 4) is 5.75 Å². The summed E-state index contributed by atoms with van der Waals surface area (Å²) >= 11 is 6.66. The highest BCUT2D eigenvalue weighted by molar-refractivity contribution is 6.31. The fourth-order valence-corrected chi connectivity index (χ4v) is 7.66. The minimum atomic E-state index is -1.12. The molecule has 15 nitrogen and oxygen atoms in total. The molecular formula is C55H59ClN6O9. The van der Waals surface area contributed by atoms with E-state index in [9.17, 15) is 24.0 Å². The molecule has 71 heavy (non-hydrogen) atoms. The van der Waals surface area contributed by atoms with E-state index in [0.29, 0.717) is 11.3 Å². The maximum absolute atomic E-state index is 13.8. The lowest BCUT2D eigenvalue weighted by Crippen LogP contribution is -2.47. The van der Waals surface area contributed by atoms with Crippen molar-refractivity contribution in [2.45, 2.75) is 104 Å². The van der Waals surface area contributed by atoms with Crippen LogP contribution in [0.25, 0.3) is 0 Å². The van der Waals surface area contributed by atoms with Gasteiger partial charge in [0, 0.05) is 17.6 Å². The molecule has 1 heterocycles. The van der Waals surface area contributed by atoms with Crippen molar-refractivity contribution in [2.75, 3.05) is 0 Å². The van der Waals surface area contributed by atoms with Crippen molar-refractivity contribution in [3.63, 3.8) is 0 Å². The number of carbonyl (C=O) groups is 5. The average molecular weight is 984 g/mol. The number of guanidine groups is 1. The summed E-state index contributed by atoms with van der Waals surface area (Å²) < 4.78 is 24.0. The number of aliphatic imine (C=N–C) groups is 1. The first kappa shape index (κ1) is 52.6. The molecule has 0 aliphatic carbocycles. The first-order valence-corrected chi connectivity index (χ1v) is 23.3. The molecule has 3 amide bonds. The van der Waals surface area contributed by atoms with Crippen LogP contribution in [0.2, 0.25) is 5.02 Å². The molecule has 0 saturated carbocycles. The average Bonchev–Trinajstić information content (AvgIpc) is 3.75. The van der Waals surface area contributed by atoms with Crippen molar-refractivity contribution in [1.29, 1.82) is 0 Å². The lowest BCUT2D eigenvalue weighted by Gasteiger charge is -2.37. The van der Waals surface area contributed by atoms with E-state index in [0.717, 1.165) is 16.7 Å². The van der Waals surface area contributed by atoms with E-state index in [-0.39, 0.29) is 40.8 Å². The van der Waals surface area contributed by atoms with Gasteiger partial charge in [-0.1, -0.05) is 109 Å². The number of nitrogens with one attached hydrogen (secondary N) is 3. The van der Waals surface area contributed by atoms with Gasteiger partial charge in [0.05, 0.1) is 29.7 Å². The molecule has 0 bridgehead atoms. The highest BCUT2D eigenvalue weighted by Gasteiger charge is 2.39. The molecule has 0 spiro atoms. The largest absolute Gasteiger partial charge is 0.458 e. The molecule has 0 saturated heterocycles. The number of ether oxygens (including phenoxy) is 4. The minimum Gasteiger partial charge on any atom is -0.458 e. The number of hydrogen-bond acceptors (Lipinski definition) is 11. The highest BCUT2D eigenvalue weighted by Crippen LogP contribution is 2.41. The smallest absolute Gasteiger partial charge is 0.414 e. The molecule has 0 radical (unpaired) electrons. The zero-order chi connectivity index (χ0) is 51.6. The second kappa shape index (κ2) is 22.3. The summed E-state index contributed by atoms with van der Waals surface area (Å²) in [6.45, 7) is 15.4. The molecule has 370 valence electrons. The maximum atomic E-state index is 13.8. The number of carbonyl (C=O) groups excluding carboxylic acids is 5. The Bertz CT molecular complexity index is 2720. The van der Waals surface area contributed by atoms with Crippen molar-refractivity contribution in [3.05, 3.63) is 185 Å². The quantitative estimate of drug-likeness (QED) is 0.0251. The van der Waals surface area contributed by atoms with Crippen LogP contribution in [-0.2, 0) is 42.2 Å². The van der Waals surface area contributed by atoms with Crippen LogP contribution >= 0.6 is 11.6 Å². The number of nitrogens with zero attached hydrogens (tertiary/aromatic N) is 3. The molecule has 1 aromatic heterocycles. The summed E-state index contributed by atoms with van der Waals surface area (Å²) in [5.41, 5.74) is 1.000. The van der Waals surface area contributed by atoms with Crippen LogP contribution in [0.1, 0.15) is 101 Å². The first-order valence-electron chi connectivity index (χ1n) is 22.9. The second-order valence-corrected chi connectivity index (χ2v) is 19.9. The van der Waals surface area contributed by atoms with Crippen molar-refractivity contribution >= 4 is 53.3 Å². The maximum Gasteiger partial charge on any atom is 0.414 e. The van der Waals surface area contributed by atoms with E-state index in [1.807, 2.05) is 65.4 Å². The third-order valence-electron chi connectivity index (χ3n) is 10.2. The normalized spacial score (nSPS) is 12.1. The van der Waals surface area contributed by atoms with Crippen LogP contribution in [-0.4, -0.2) is 68.4 Å². The van der Waals surface area contributed by atoms with E-state index in [2.05, 4.69) is 57.3 Å². The molecule has 3 N–H and O–H groups in total. The van der Waals surface area contributed by atoms with Gasteiger partial charge in [-0.2, -0.15) is 0 Å². The molecular weight excluding hydrogens is 924 g/mol. The summed E-state index contributed by atoms with van der Waals surface area (Å²) in [6, 6.07) is 39.5. The summed E-state index contributed by atoms with van der Waals surface area (Å²) in [5, 5.41) is 7.81. The lowest BCUT2D eigenvalue weighted by molar-refractivity contribution is -0.158. The van der Waals surface area contributed by atoms with E-state index in [4.69, 9.17) is 35.5 Å². The number of hydrogen-bond donors (Lipinski definition) is 3. The number of amides is 3. The fourth-order valence-electron chi connectivity index (χ4n) is 7.42. The van der Waals surface area contributed by atoms with Crippen LogP contribution in [0.3, 0.4) is 0 Å². The summed E-state index contributed by atoms with van der Waals surface area (Å²) in [6.07, 6.45) is 1.71. The van der Waals surface area contributed by atoms with Crippen molar-refractivity contribution < 1.29 is 42.9 Å². The van der Waals surface area contributed by atoms with Gasteiger partial charge >= 0.3 is 24.1 Å². The molecule has 1 atom stereocenters. The second-order valence-electron chi connectivity index (χ2n) is 19.5. The summed E-state index contributed by atoms with van der Waals surface area (Å²) in [5.74, 6) is -2.03. The van der Waals surface area contributed by atoms with Gasteiger partial charge in [0.2, 0.25) is 11.9 Å². The number of esters is 2. The van der Waals surface area contributed by atoms with Gasteiger partial charge in [-0.25, -0.2) is 29.2 Å². The zero-order valence-corrected chi connectivity index (χ0v) is 42.0. The predicted octanol–water partition coefficient (Wildman–Crippen LogP) is 10.2. The monoisotopic (exact) mass is 982 g/mol. The summed E-state index contributed by atoms with van der Waals surface area (Å²) in [7, 11) is 0. The van der Waals surface area contributed by atoms with Crippen molar-refractivity contribution in [1.82, 2.24) is 25.5 Å². The molecule has 0 aliphatic heterocycles. The van der Waals surface area contributed by atoms with Gasteiger partial charge in [0.25, 0.3) is 0 Å². The third kappa shape index (κ3) is 14.9. The van der Waals surface area contributed by atoms with Gasteiger partial charge in [0.1, 0.15) is 34.1 Å². The van der Waals surface area contributed by atoms with E-state index >= 15 is 0 Å². The highest BCUT2D eigenvalue weighted by atomic mass is 35.5. The Labute approximate surface area is 418 Å². The minimum absolute atomic E-state index is 0.0190. The number of halogens is 1. The van der Waals surface area contributed by atoms with Gasteiger partial charge in [0.15, 0.2) is 0 Å². The van der Waals surface area contributed by atoms with Crippen LogP contribution < -0.4 is 20.7 Å². The molecule has 0 unspecified atom stereocenters. The molecule has 16 heteroatoms. The SMILES string of the molecule is CC(C)(C)OC(=O)NC(=Nc1ccc(C(=O)Oc2ccc(CC(=O)N[C@@H](Cc3cn(C(c4ccccc4)(c4ccccc4)c4ccccc4)cn3)C(=O)OC(C)(C)C)c(Cl)c2)cc1)NC(=O)OC(C)(C)C. The Morgan fingerprint density at radius 1 is 0.648 bits per heavy atom. The Morgan fingerprint density at radius 3 is 1.61 bits per heavy atom. The fraction of sp³-hybridized carbons (Fsp3) is 0.291. The third-order valence-corrected chi connectivity index (χ3v) is 10.6. The number of imidazole rings is 1. The Balaban J connectivity index is 1.16. The van der Waals surface area contributed by atoms with Gasteiger partial charge < -0.3 is 28.8 Å². The zero-order valence-electron chi connectivity index (χ0n) is 41.2. The van der Waals surface area contributed by atoms with Crippen LogP contribution in [0.4, 0.5) is 15.3 Å². The van der Waals surface area contributed by atoms with Crippen LogP contribution in [0.15, 0.2) is 151 Å². The number of rotatable bonds is 13. The lowest BCUT2D eigenvalue weighted by atomic mass is 9.77. The Morgan fingerprint density at radius 2 is 1.14 bits per heavy atom. The van der Waals surface area contributed by atoms with Crippen LogP contribution in [0.5, 0.6) is 5.75 Å². The number of aromatic nitrogens is 2. The van der Waals surface area contributed by atoms with Crippen LogP contribution in [0, 0.1) is 0 Å². The van der Waals surface area contributed by atoms with E-state index < -0.39 is 58.4 Å². The number of alkyl carbamates (subject to hydrolysis) is 2. The standard InChI is InChI=1S/C55H59ClN6O9/c1-52(2,3)69-48(65)45(32-42-34-62(35-57-42)55(38-19-13-10-14-20-38,39-21-15-11-16-22-39)40-23-17-12-18-24-40)59-46(63)31-37-27-30-43(33-44(37)56)68-47(64)36-25-28-41(29-26-36)58-49(60-50(66)70-53(4,5)6)61-51(67)71-54(7,8)9/h10-30,33-35,45H,31-32H2,1-9H3,(H,59,63)(H2,58,60,61,66,67)/t45-/m0/s1.